The summed E-state index contributed by atoms with van der Waals surface area (Å²) in [7, 11) is 0. The van der Waals surface area contributed by atoms with E-state index in [-0.39, 0.29) is 229 Å². The van der Waals surface area contributed by atoms with E-state index >= 15 is 0 Å². The second-order valence-electron chi connectivity index (χ2n) is 1.22. The van der Waals surface area contributed by atoms with Crippen LogP contribution in [0.25, 0.3) is 0 Å². The maximum atomic E-state index is 3.57. The summed E-state index contributed by atoms with van der Waals surface area (Å²) >= 11 is 0. The average Bonchev–Trinajstić information content (AvgIpc) is 1.61. The van der Waals surface area contributed by atoms with Crippen LogP contribution in [0.2, 0.25) is 0 Å². The normalized spacial score (nSPS) is 3.77. The van der Waals surface area contributed by atoms with Crippen LogP contribution in [0.15, 0.2) is 12.7 Å². The van der Waals surface area contributed by atoms with Gasteiger partial charge in [0.15, 0.2) is 0 Å². The molecule has 0 saturated carbocycles. The minimum atomic E-state index is 0. The molecule has 7 radical (unpaired) electrons. The third-order valence-electron chi connectivity index (χ3n) is 0.622. The molecule has 0 heterocycles. The molecule has 0 aromatic carbocycles. The Labute approximate surface area is 260 Å². The number of unbranched alkanes of at least 4 members (excludes halogenated alkanes) is 2. The third-order valence-corrected chi connectivity index (χ3v) is 0.622. The standard InChI is InChI=1S/C6H11.7Y/c1-3-5-6-4-2;;;;;;;/h3,6H,1,4-5H2,2H3;;;;;;;/q-1;;;;;;;. The van der Waals surface area contributed by atoms with Crippen LogP contribution in [0.1, 0.15) is 19.8 Å². The summed E-state index contributed by atoms with van der Waals surface area (Å²) in [5.41, 5.74) is 0. The Balaban J connectivity index is -0.00000000595. The van der Waals surface area contributed by atoms with Gasteiger partial charge in [-0.2, -0.15) is 12.8 Å². The van der Waals surface area contributed by atoms with E-state index in [1.54, 1.807) is 0 Å². The van der Waals surface area contributed by atoms with Crippen molar-refractivity contribution in [2.24, 2.45) is 0 Å². The quantitative estimate of drug-likeness (QED) is 0.240. The van der Waals surface area contributed by atoms with Crippen LogP contribution in [-0.4, -0.2) is 0 Å². The molecular weight excluding hydrogens is 694 g/mol. The predicted molar refractivity (Wildman–Crippen MR) is 29.4 cm³/mol. The molecule has 0 rings (SSSR count). The zero-order chi connectivity index (χ0) is 4.83. The summed E-state index contributed by atoms with van der Waals surface area (Å²) in [5.74, 6) is 0. The molecule has 0 aromatic heterocycles. The second kappa shape index (κ2) is 50.5. The van der Waals surface area contributed by atoms with Gasteiger partial charge in [0, 0.05) is 229 Å². The van der Waals surface area contributed by atoms with Crippen LogP contribution in [0, 0.1) is 6.42 Å². The van der Waals surface area contributed by atoms with Gasteiger partial charge >= 0.3 is 0 Å². The fourth-order valence-electron chi connectivity index (χ4n) is 0.285. The van der Waals surface area contributed by atoms with E-state index in [2.05, 4.69) is 19.9 Å². The van der Waals surface area contributed by atoms with Crippen molar-refractivity contribution < 1.29 is 229 Å². The fourth-order valence-corrected chi connectivity index (χ4v) is 0.285. The van der Waals surface area contributed by atoms with Crippen molar-refractivity contribution in [1.82, 2.24) is 0 Å². The van der Waals surface area contributed by atoms with Gasteiger partial charge < -0.3 is 6.42 Å². The van der Waals surface area contributed by atoms with Crippen molar-refractivity contribution in [2.45, 2.75) is 19.8 Å². The number of rotatable bonds is 3. The monoisotopic (exact) mass is 705 g/mol. The van der Waals surface area contributed by atoms with E-state index in [9.17, 15) is 0 Å². The Morgan fingerprint density at radius 1 is 0.923 bits per heavy atom. The molecule has 0 unspecified atom stereocenters. The minimum Gasteiger partial charge on any atom is -0.325 e. The maximum Gasteiger partial charge on any atom is 0 e. The summed E-state index contributed by atoms with van der Waals surface area (Å²) in [4.78, 5) is 0. The molecule has 7 heteroatoms. The van der Waals surface area contributed by atoms with Crippen LogP contribution >= 0.6 is 0 Å². The van der Waals surface area contributed by atoms with Crippen molar-refractivity contribution in [3.05, 3.63) is 19.1 Å². The van der Waals surface area contributed by atoms with Gasteiger partial charge in [-0.1, -0.05) is 6.92 Å². The topological polar surface area (TPSA) is 0 Å². The van der Waals surface area contributed by atoms with Gasteiger partial charge in [-0.15, -0.1) is 12.7 Å². The van der Waals surface area contributed by atoms with Gasteiger partial charge in [0.05, 0.1) is 0 Å². The van der Waals surface area contributed by atoms with E-state index in [0.717, 1.165) is 12.8 Å². The van der Waals surface area contributed by atoms with Crippen LogP contribution in [0.4, 0.5) is 0 Å². The molecule has 0 aliphatic heterocycles. The molecule has 0 nitrogen and oxygen atoms in total. The molecule has 0 fully saturated rings. The largest absolute Gasteiger partial charge is 0.325 e. The van der Waals surface area contributed by atoms with E-state index < -0.39 is 0 Å². The Hall–Kier alpha value is 7.47. The van der Waals surface area contributed by atoms with Crippen LogP contribution < -0.4 is 0 Å². The molecule has 0 amide bonds. The SMILES string of the molecule is C=CC[CH-]CC.[Y].[Y].[Y].[Y].[Y].[Y].[Y]. The van der Waals surface area contributed by atoms with Crippen LogP contribution in [0.3, 0.4) is 0 Å². The van der Waals surface area contributed by atoms with Gasteiger partial charge in [0.1, 0.15) is 0 Å². The Morgan fingerprint density at radius 3 is 1.31 bits per heavy atom. The molecule has 57 valence electrons. The minimum absolute atomic E-state index is 0. The number of allylic oxidation sites excluding steroid dienone is 1. The maximum absolute atomic E-state index is 3.57. The van der Waals surface area contributed by atoms with Crippen molar-refractivity contribution >= 4 is 0 Å². The Bertz CT molecular complexity index is 42.0. The molecule has 0 spiro atoms. The Kier molecular flexibility index (Phi) is 194. The van der Waals surface area contributed by atoms with Gasteiger partial charge in [-0.05, 0) is 0 Å². The summed E-state index contributed by atoms with van der Waals surface area (Å²) in [6.45, 7) is 5.70. The summed E-state index contributed by atoms with van der Waals surface area (Å²) < 4.78 is 0. The van der Waals surface area contributed by atoms with E-state index in [1.165, 1.54) is 0 Å². The summed E-state index contributed by atoms with van der Waals surface area (Å²) in [6.07, 6.45) is 6.30. The first-order chi connectivity index (χ1) is 2.91. The van der Waals surface area contributed by atoms with Gasteiger partial charge in [-0.25, -0.2) is 0 Å². The molecule has 0 aliphatic carbocycles. The van der Waals surface area contributed by atoms with E-state index in [4.69, 9.17) is 0 Å². The molecule has 13 heavy (non-hydrogen) atoms. The molecule has 0 bridgehead atoms. The molecule has 0 saturated heterocycles. The Morgan fingerprint density at radius 2 is 1.23 bits per heavy atom. The molecular formula is C6H11Y7-. The zero-order valence-electron chi connectivity index (χ0n) is 8.32. The van der Waals surface area contributed by atoms with Crippen molar-refractivity contribution in [3.8, 4) is 0 Å². The molecule has 0 atom stereocenters. The summed E-state index contributed by atoms with van der Waals surface area (Å²) in [6, 6.07) is 0. The van der Waals surface area contributed by atoms with Crippen molar-refractivity contribution in [2.75, 3.05) is 0 Å². The first-order valence-electron chi connectivity index (χ1n) is 2.34. The zero-order valence-corrected chi connectivity index (χ0v) is 28.2. The smallest absolute Gasteiger partial charge is 0 e. The van der Waals surface area contributed by atoms with E-state index in [0.29, 0.717) is 0 Å². The van der Waals surface area contributed by atoms with Crippen LogP contribution in [-0.2, 0) is 229 Å². The average molecular weight is 705 g/mol. The van der Waals surface area contributed by atoms with E-state index in [1.807, 2.05) is 6.08 Å². The van der Waals surface area contributed by atoms with Crippen molar-refractivity contribution in [3.63, 3.8) is 0 Å². The number of hydrogen-bond acceptors (Lipinski definition) is 0. The summed E-state index contributed by atoms with van der Waals surface area (Å²) in [5, 5.41) is 0. The molecule has 0 aromatic rings. The van der Waals surface area contributed by atoms with Gasteiger partial charge in [0.25, 0.3) is 0 Å². The van der Waals surface area contributed by atoms with Gasteiger partial charge in [-0.3, -0.25) is 0 Å². The van der Waals surface area contributed by atoms with Crippen LogP contribution in [0.5, 0.6) is 0 Å². The molecule has 0 aliphatic rings. The second-order valence-corrected chi connectivity index (χ2v) is 1.22. The number of hydrogen-bond donors (Lipinski definition) is 0. The third kappa shape index (κ3) is 54.2. The first-order valence-corrected chi connectivity index (χ1v) is 2.34. The first kappa shape index (κ1) is 49.9. The van der Waals surface area contributed by atoms with Gasteiger partial charge in [0.2, 0.25) is 0 Å². The predicted octanol–water partition coefficient (Wildman–Crippen LogP) is 2.16. The molecule has 0 N–H and O–H groups in total. The van der Waals surface area contributed by atoms with Crippen molar-refractivity contribution in [1.29, 1.82) is 0 Å². The fraction of sp³-hybridized carbons (Fsp3) is 0.500.